The number of hydrogen-bond acceptors (Lipinski definition) is 3. The highest BCUT2D eigenvalue weighted by atomic mass is 35.5. The predicted octanol–water partition coefficient (Wildman–Crippen LogP) is 4.75. The molecule has 0 bridgehead atoms. The fraction of sp³-hybridized carbons (Fsp3) is 0.167. The minimum absolute atomic E-state index is 0.176. The SMILES string of the molecule is O=C(NCCSCc1cccc(Cl)c1)c1cc2ccccc2o1. The Bertz CT molecular complexity index is 782. The van der Waals surface area contributed by atoms with Crippen molar-refractivity contribution in [3.8, 4) is 0 Å². The van der Waals surface area contributed by atoms with Gasteiger partial charge in [-0.2, -0.15) is 11.8 Å². The molecule has 0 radical (unpaired) electrons. The molecule has 0 saturated carbocycles. The van der Waals surface area contributed by atoms with Gasteiger partial charge in [0.05, 0.1) is 0 Å². The van der Waals surface area contributed by atoms with E-state index in [0.29, 0.717) is 12.3 Å². The van der Waals surface area contributed by atoms with Crippen LogP contribution in [-0.4, -0.2) is 18.2 Å². The molecule has 0 atom stereocenters. The number of carbonyl (C=O) groups excluding carboxylic acids is 1. The first-order valence-electron chi connectivity index (χ1n) is 7.31. The molecule has 3 nitrogen and oxygen atoms in total. The van der Waals surface area contributed by atoms with Gasteiger partial charge in [0.25, 0.3) is 5.91 Å². The molecule has 3 rings (SSSR count). The van der Waals surface area contributed by atoms with Crippen LogP contribution in [0, 0.1) is 0 Å². The second-order valence-electron chi connectivity index (χ2n) is 5.09. The molecule has 1 heterocycles. The Morgan fingerprint density at radius 1 is 1.13 bits per heavy atom. The highest BCUT2D eigenvalue weighted by molar-refractivity contribution is 7.98. The first kappa shape index (κ1) is 16.0. The van der Waals surface area contributed by atoms with Crippen LogP contribution in [0.25, 0.3) is 11.0 Å². The maximum atomic E-state index is 12.1. The molecule has 0 fully saturated rings. The molecule has 1 N–H and O–H groups in total. The van der Waals surface area contributed by atoms with Gasteiger partial charge in [0, 0.05) is 28.5 Å². The highest BCUT2D eigenvalue weighted by Gasteiger charge is 2.11. The van der Waals surface area contributed by atoms with E-state index in [1.807, 2.05) is 48.5 Å². The van der Waals surface area contributed by atoms with Crippen LogP contribution < -0.4 is 5.32 Å². The Morgan fingerprint density at radius 2 is 2.00 bits per heavy atom. The van der Waals surface area contributed by atoms with E-state index in [1.54, 1.807) is 17.8 Å². The molecule has 1 amide bonds. The van der Waals surface area contributed by atoms with Crippen molar-refractivity contribution in [2.45, 2.75) is 5.75 Å². The number of carbonyl (C=O) groups is 1. The van der Waals surface area contributed by atoms with Crippen LogP contribution >= 0.6 is 23.4 Å². The first-order chi connectivity index (χ1) is 11.2. The van der Waals surface area contributed by atoms with Crippen molar-refractivity contribution in [1.82, 2.24) is 5.32 Å². The smallest absolute Gasteiger partial charge is 0.287 e. The summed E-state index contributed by atoms with van der Waals surface area (Å²) in [4.78, 5) is 12.1. The molecule has 5 heteroatoms. The summed E-state index contributed by atoms with van der Waals surface area (Å²) >= 11 is 7.70. The zero-order valence-corrected chi connectivity index (χ0v) is 14.0. The number of para-hydroxylation sites is 1. The minimum Gasteiger partial charge on any atom is -0.451 e. The first-order valence-corrected chi connectivity index (χ1v) is 8.84. The highest BCUT2D eigenvalue weighted by Crippen LogP contribution is 2.19. The van der Waals surface area contributed by atoms with Crippen molar-refractivity contribution >= 4 is 40.2 Å². The Morgan fingerprint density at radius 3 is 2.83 bits per heavy atom. The molecule has 0 unspecified atom stereocenters. The zero-order valence-electron chi connectivity index (χ0n) is 12.4. The number of benzene rings is 2. The lowest BCUT2D eigenvalue weighted by atomic mass is 10.2. The normalized spacial score (nSPS) is 10.8. The van der Waals surface area contributed by atoms with Crippen molar-refractivity contribution in [3.05, 3.63) is 70.9 Å². The van der Waals surface area contributed by atoms with E-state index in [2.05, 4.69) is 5.32 Å². The van der Waals surface area contributed by atoms with E-state index in [4.69, 9.17) is 16.0 Å². The lowest BCUT2D eigenvalue weighted by Crippen LogP contribution is -2.25. The molecular weight excluding hydrogens is 330 g/mol. The van der Waals surface area contributed by atoms with E-state index < -0.39 is 0 Å². The number of nitrogens with one attached hydrogen (secondary N) is 1. The molecule has 0 aliphatic carbocycles. The van der Waals surface area contributed by atoms with Crippen molar-refractivity contribution < 1.29 is 9.21 Å². The molecule has 0 aliphatic rings. The third-order valence-corrected chi connectivity index (χ3v) is 4.60. The van der Waals surface area contributed by atoms with Crippen LogP contribution in [0.4, 0.5) is 0 Å². The van der Waals surface area contributed by atoms with E-state index in [0.717, 1.165) is 27.5 Å². The topological polar surface area (TPSA) is 42.2 Å². The average molecular weight is 346 g/mol. The Kier molecular flexibility index (Phi) is 5.26. The van der Waals surface area contributed by atoms with E-state index in [1.165, 1.54) is 5.56 Å². The van der Waals surface area contributed by atoms with E-state index in [-0.39, 0.29) is 5.91 Å². The number of rotatable bonds is 6. The van der Waals surface area contributed by atoms with Crippen molar-refractivity contribution in [2.24, 2.45) is 0 Å². The van der Waals surface area contributed by atoms with Gasteiger partial charge in [-0.15, -0.1) is 0 Å². The molecule has 3 aromatic rings. The number of amides is 1. The molecule has 2 aromatic carbocycles. The maximum absolute atomic E-state index is 12.1. The molecular formula is C18H16ClNO2S. The fourth-order valence-corrected chi connectivity index (χ4v) is 3.25. The summed E-state index contributed by atoms with van der Waals surface area (Å²) < 4.78 is 5.54. The van der Waals surface area contributed by atoms with E-state index in [9.17, 15) is 4.79 Å². The van der Waals surface area contributed by atoms with Crippen LogP contribution in [0.5, 0.6) is 0 Å². The fourth-order valence-electron chi connectivity index (χ4n) is 2.23. The average Bonchev–Trinajstić information content (AvgIpc) is 2.98. The van der Waals surface area contributed by atoms with Gasteiger partial charge in [-0.3, -0.25) is 4.79 Å². The summed E-state index contributed by atoms with van der Waals surface area (Å²) in [5.74, 6) is 1.88. The summed E-state index contributed by atoms with van der Waals surface area (Å²) in [5.41, 5.74) is 1.92. The second-order valence-corrected chi connectivity index (χ2v) is 6.63. The Labute approximate surface area is 144 Å². The minimum atomic E-state index is -0.176. The summed E-state index contributed by atoms with van der Waals surface area (Å²) in [6.45, 7) is 0.598. The predicted molar refractivity (Wildman–Crippen MR) is 96.2 cm³/mol. The van der Waals surface area contributed by atoms with E-state index >= 15 is 0 Å². The van der Waals surface area contributed by atoms with Gasteiger partial charge in [0.1, 0.15) is 5.58 Å². The van der Waals surface area contributed by atoms with Gasteiger partial charge in [0.15, 0.2) is 5.76 Å². The summed E-state index contributed by atoms with van der Waals surface area (Å²) in [7, 11) is 0. The van der Waals surface area contributed by atoms with Crippen molar-refractivity contribution in [1.29, 1.82) is 0 Å². The van der Waals surface area contributed by atoms with Gasteiger partial charge in [-0.1, -0.05) is 41.9 Å². The monoisotopic (exact) mass is 345 g/mol. The number of thioether (sulfide) groups is 1. The largest absolute Gasteiger partial charge is 0.451 e. The van der Waals surface area contributed by atoms with Gasteiger partial charge in [0.2, 0.25) is 0 Å². The van der Waals surface area contributed by atoms with Crippen LogP contribution in [0.15, 0.2) is 59.0 Å². The Balaban J connectivity index is 1.44. The van der Waals surface area contributed by atoms with Crippen LogP contribution in [0.1, 0.15) is 16.1 Å². The molecule has 0 saturated heterocycles. The summed E-state index contributed by atoms with van der Waals surface area (Å²) in [6.07, 6.45) is 0. The summed E-state index contributed by atoms with van der Waals surface area (Å²) in [6, 6.07) is 17.2. The maximum Gasteiger partial charge on any atom is 0.287 e. The van der Waals surface area contributed by atoms with Crippen LogP contribution in [0.3, 0.4) is 0 Å². The number of hydrogen-bond donors (Lipinski definition) is 1. The quantitative estimate of drug-likeness (QED) is 0.655. The van der Waals surface area contributed by atoms with Gasteiger partial charge >= 0.3 is 0 Å². The molecule has 1 aromatic heterocycles. The van der Waals surface area contributed by atoms with Crippen LogP contribution in [-0.2, 0) is 5.75 Å². The third kappa shape index (κ3) is 4.30. The van der Waals surface area contributed by atoms with Gasteiger partial charge in [-0.25, -0.2) is 0 Å². The number of fused-ring (bicyclic) bond motifs is 1. The zero-order chi connectivity index (χ0) is 16.1. The van der Waals surface area contributed by atoms with Crippen LogP contribution in [0.2, 0.25) is 5.02 Å². The second kappa shape index (κ2) is 7.57. The lowest BCUT2D eigenvalue weighted by molar-refractivity contribution is 0.0930. The lowest BCUT2D eigenvalue weighted by Gasteiger charge is -2.04. The third-order valence-electron chi connectivity index (χ3n) is 3.34. The number of halogens is 1. The number of furan rings is 1. The summed E-state index contributed by atoms with van der Waals surface area (Å²) in [5, 5.41) is 4.57. The van der Waals surface area contributed by atoms with Gasteiger partial charge < -0.3 is 9.73 Å². The molecule has 0 spiro atoms. The standard InChI is InChI=1S/C18H16ClNO2S/c19-15-6-3-4-13(10-15)12-23-9-8-20-18(21)17-11-14-5-1-2-7-16(14)22-17/h1-7,10-11H,8-9,12H2,(H,20,21). The molecule has 118 valence electrons. The molecule has 0 aliphatic heterocycles. The molecule has 23 heavy (non-hydrogen) atoms. The van der Waals surface area contributed by atoms with Gasteiger partial charge in [-0.05, 0) is 29.8 Å². The van der Waals surface area contributed by atoms with Crippen molar-refractivity contribution in [3.63, 3.8) is 0 Å². The van der Waals surface area contributed by atoms with Crippen molar-refractivity contribution in [2.75, 3.05) is 12.3 Å². The Hall–Kier alpha value is -1.91.